The van der Waals surface area contributed by atoms with Crippen LogP contribution in [0.1, 0.15) is 42.6 Å². The third-order valence-electron chi connectivity index (χ3n) is 3.29. The minimum Gasteiger partial charge on any atom is -0.346 e. The lowest BCUT2D eigenvalue weighted by Crippen LogP contribution is -2.49. The Balaban J connectivity index is 2.94. The fourth-order valence-electron chi connectivity index (χ4n) is 1.83. The zero-order valence-corrected chi connectivity index (χ0v) is 14.2. The van der Waals surface area contributed by atoms with Crippen LogP contribution in [-0.2, 0) is 0 Å². The standard InChI is InChI=1S/C14H19Br2NO/c1-4-14(5-2,9-15)17-13(18)11-6-10(3)7-12(16)8-11/h6-8H,4-5,9H2,1-3H3,(H,17,18). The molecule has 0 aromatic heterocycles. The Morgan fingerprint density at radius 2 is 1.89 bits per heavy atom. The Hall–Kier alpha value is -0.350. The molecule has 1 amide bonds. The molecule has 0 aliphatic carbocycles. The van der Waals surface area contributed by atoms with Crippen LogP contribution in [0.3, 0.4) is 0 Å². The van der Waals surface area contributed by atoms with E-state index in [1.807, 2.05) is 25.1 Å². The molecule has 2 nitrogen and oxygen atoms in total. The number of rotatable bonds is 5. The summed E-state index contributed by atoms with van der Waals surface area (Å²) in [6, 6.07) is 5.76. The molecule has 0 radical (unpaired) electrons. The molecule has 1 aromatic rings. The topological polar surface area (TPSA) is 29.1 Å². The van der Waals surface area contributed by atoms with Gasteiger partial charge in [-0.15, -0.1) is 0 Å². The smallest absolute Gasteiger partial charge is 0.251 e. The van der Waals surface area contributed by atoms with Gasteiger partial charge in [-0.25, -0.2) is 0 Å². The van der Waals surface area contributed by atoms with Crippen molar-refractivity contribution in [2.75, 3.05) is 5.33 Å². The summed E-state index contributed by atoms with van der Waals surface area (Å²) in [5.74, 6) is -0.0115. The number of halogens is 2. The van der Waals surface area contributed by atoms with Crippen LogP contribution < -0.4 is 5.32 Å². The summed E-state index contributed by atoms with van der Waals surface area (Å²) in [6.07, 6.45) is 1.82. The van der Waals surface area contributed by atoms with Gasteiger partial charge >= 0.3 is 0 Å². The van der Waals surface area contributed by atoms with Gasteiger partial charge < -0.3 is 5.32 Å². The first kappa shape index (κ1) is 15.7. The van der Waals surface area contributed by atoms with Crippen molar-refractivity contribution in [1.29, 1.82) is 0 Å². The van der Waals surface area contributed by atoms with Crippen LogP contribution in [0.25, 0.3) is 0 Å². The first-order valence-corrected chi connectivity index (χ1v) is 8.03. The maximum atomic E-state index is 12.3. The number of alkyl halides is 1. The highest BCUT2D eigenvalue weighted by molar-refractivity contribution is 9.10. The van der Waals surface area contributed by atoms with Crippen molar-refractivity contribution in [2.24, 2.45) is 0 Å². The van der Waals surface area contributed by atoms with Gasteiger partial charge in [-0.2, -0.15) is 0 Å². The molecule has 0 aliphatic rings. The minimum absolute atomic E-state index is 0.0115. The SMILES string of the molecule is CCC(CC)(CBr)NC(=O)c1cc(C)cc(Br)c1. The fourth-order valence-corrected chi connectivity index (χ4v) is 3.37. The third kappa shape index (κ3) is 3.82. The average molecular weight is 377 g/mol. The van der Waals surface area contributed by atoms with Crippen LogP contribution in [0.15, 0.2) is 22.7 Å². The van der Waals surface area contributed by atoms with Gasteiger partial charge in [-0.3, -0.25) is 4.79 Å². The van der Waals surface area contributed by atoms with Gasteiger partial charge in [0.15, 0.2) is 0 Å². The Morgan fingerprint density at radius 1 is 1.28 bits per heavy atom. The maximum Gasteiger partial charge on any atom is 0.251 e. The summed E-state index contributed by atoms with van der Waals surface area (Å²) < 4.78 is 0.935. The number of hydrogen-bond acceptors (Lipinski definition) is 1. The number of carbonyl (C=O) groups excluding carboxylic acids is 1. The van der Waals surface area contributed by atoms with Crippen LogP contribution in [0.4, 0.5) is 0 Å². The molecule has 0 bridgehead atoms. The maximum absolute atomic E-state index is 12.3. The summed E-state index contributed by atoms with van der Waals surface area (Å²) in [5, 5.41) is 3.91. The largest absolute Gasteiger partial charge is 0.346 e. The van der Waals surface area contributed by atoms with Crippen molar-refractivity contribution in [3.8, 4) is 0 Å². The number of nitrogens with one attached hydrogen (secondary N) is 1. The van der Waals surface area contributed by atoms with Crippen molar-refractivity contribution < 1.29 is 4.79 Å². The second kappa shape index (κ2) is 6.71. The van der Waals surface area contributed by atoms with Gasteiger partial charge in [0.2, 0.25) is 0 Å². The lowest BCUT2D eigenvalue weighted by molar-refractivity contribution is 0.0903. The molecular weight excluding hydrogens is 358 g/mol. The number of hydrogen-bond donors (Lipinski definition) is 1. The van der Waals surface area contributed by atoms with Gasteiger partial charge in [-0.1, -0.05) is 45.7 Å². The molecule has 0 atom stereocenters. The van der Waals surface area contributed by atoms with E-state index in [0.717, 1.165) is 28.2 Å². The summed E-state index contributed by atoms with van der Waals surface area (Å²) in [7, 11) is 0. The van der Waals surface area contributed by atoms with Crippen molar-refractivity contribution in [1.82, 2.24) is 5.32 Å². The van der Waals surface area contributed by atoms with E-state index in [1.165, 1.54) is 0 Å². The van der Waals surface area contributed by atoms with E-state index in [0.29, 0.717) is 5.56 Å². The van der Waals surface area contributed by atoms with E-state index in [1.54, 1.807) is 0 Å². The fraction of sp³-hybridized carbons (Fsp3) is 0.500. The summed E-state index contributed by atoms with van der Waals surface area (Å²) in [6.45, 7) is 6.17. The summed E-state index contributed by atoms with van der Waals surface area (Å²) in [5.41, 5.74) is 1.62. The highest BCUT2D eigenvalue weighted by atomic mass is 79.9. The molecule has 1 N–H and O–H groups in total. The molecule has 18 heavy (non-hydrogen) atoms. The van der Waals surface area contributed by atoms with E-state index in [4.69, 9.17) is 0 Å². The van der Waals surface area contributed by atoms with Crippen molar-refractivity contribution in [3.05, 3.63) is 33.8 Å². The molecule has 0 saturated carbocycles. The molecule has 1 aromatic carbocycles. The molecule has 0 heterocycles. The Labute approximate surface area is 126 Å². The zero-order chi connectivity index (χ0) is 13.8. The first-order valence-electron chi connectivity index (χ1n) is 6.12. The normalized spacial score (nSPS) is 11.4. The van der Waals surface area contributed by atoms with Crippen LogP contribution in [0.5, 0.6) is 0 Å². The van der Waals surface area contributed by atoms with Crippen molar-refractivity contribution in [2.45, 2.75) is 39.2 Å². The zero-order valence-electron chi connectivity index (χ0n) is 11.0. The molecule has 0 saturated heterocycles. The number of carbonyl (C=O) groups is 1. The second-order valence-corrected chi connectivity index (χ2v) is 6.07. The number of benzene rings is 1. The average Bonchev–Trinajstić information content (AvgIpc) is 2.35. The van der Waals surface area contributed by atoms with Crippen LogP contribution in [0.2, 0.25) is 0 Å². The van der Waals surface area contributed by atoms with E-state index < -0.39 is 0 Å². The molecule has 4 heteroatoms. The van der Waals surface area contributed by atoms with E-state index in [2.05, 4.69) is 51.0 Å². The molecule has 0 spiro atoms. The van der Waals surface area contributed by atoms with Crippen LogP contribution in [-0.4, -0.2) is 16.8 Å². The summed E-state index contributed by atoms with van der Waals surface area (Å²) >= 11 is 6.92. The van der Waals surface area contributed by atoms with Gasteiger partial charge in [0, 0.05) is 20.9 Å². The van der Waals surface area contributed by atoms with Crippen molar-refractivity contribution >= 4 is 37.8 Å². The molecule has 0 fully saturated rings. The lowest BCUT2D eigenvalue weighted by Gasteiger charge is -2.31. The van der Waals surface area contributed by atoms with Crippen LogP contribution >= 0.6 is 31.9 Å². The van der Waals surface area contributed by atoms with Gasteiger partial charge in [0.1, 0.15) is 0 Å². The lowest BCUT2D eigenvalue weighted by atomic mass is 9.95. The molecule has 1 rings (SSSR count). The van der Waals surface area contributed by atoms with Gasteiger partial charge in [0.25, 0.3) is 5.91 Å². The predicted octanol–water partition coefficient (Wildman–Crippen LogP) is 4.44. The minimum atomic E-state index is -0.159. The first-order chi connectivity index (χ1) is 8.46. The molecule has 0 aliphatic heterocycles. The Morgan fingerprint density at radius 3 is 2.33 bits per heavy atom. The predicted molar refractivity (Wildman–Crippen MR) is 83.5 cm³/mol. The van der Waals surface area contributed by atoms with Crippen LogP contribution in [0, 0.1) is 6.92 Å². The van der Waals surface area contributed by atoms with E-state index in [9.17, 15) is 4.79 Å². The third-order valence-corrected chi connectivity index (χ3v) is 4.82. The monoisotopic (exact) mass is 375 g/mol. The molecule has 100 valence electrons. The molecule has 0 unspecified atom stereocenters. The number of aryl methyl sites for hydroxylation is 1. The van der Waals surface area contributed by atoms with Crippen molar-refractivity contribution in [3.63, 3.8) is 0 Å². The second-order valence-electron chi connectivity index (χ2n) is 4.59. The highest BCUT2D eigenvalue weighted by Crippen LogP contribution is 2.20. The quantitative estimate of drug-likeness (QED) is 0.756. The van der Waals surface area contributed by atoms with Gasteiger partial charge in [0.05, 0.1) is 0 Å². The summed E-state index contributed by atoms with van der Waals surface area (Å²) in [4.78, 5) is 12.3. The Kier molecular flexibility index (Phi) is 5.86. The molecular formula is C14H19Br2NO. The Bertz CT molecular complexity index is 399. The van der Waals surface area contributed by atoms with E-state index >= 15 is 0 Å². The van der Waals surface area contributed by atoms with Gasteiger partial charge in [-0.05, 0) is 43.5 Å². The van der Waals surface area contributed by atoms with E-state index in [-0.39, 0.29) is 11.4 Å². The number of amides is 1. The highest BCUT2D eigenvalue weighted by Gasteiger charge is 2.27.